The summed E-state index contributed by atoms with van der Waals surface area (Å²) in [5, 5.41) is 4.32. The van der Waals surface area contributed by atoms with Gasteiger partial charge in [-0.3, -0.25) is 14.4 Å². The van der Waals surface area contributed by atoms with Gasteiger partial charge in [0.25, 0.3) is 5.91 Å². The Hall–Kier alpha value is -3.25. The number of esters is 1. The lowest BCUT2D eigenvalue weighted by Gasteiger charge is -2.09. The largest absolute Gasteiger partial charge is 0.460 e. The molecule has 0 spiro atoms. The minimum Gasteiger partial charge on any atom is -0.460 e. The lowest BCUT2D eigenvalue weighted by molar-refractivity contribution is -0.143. The van der Waals surface area contributed by atoms with Crippen molar-refractivity contribution < 1.29 is 19.1 Å². The highest BCUT2D eigenvalue weighted by molar-refractivity contribution is 7.12. The molecule has 0 aliphatic carbocycles. The number of benzene rings is 2. The monoisotopic (exact) mass is 379 g/mol. The molecule has 5 nitrogen and oxygen atoms in total. The predicted molar refractivity (Wildman–Crippen MR) is 103 cm³/mol. The lowest BCUT2D eigenvalue weighted by Crippen LogP contribution is -2.31. The molecule has 0 bridgehead atoms. The van der Waals surface area contributed by atoms with Crippen LogP contribution in [0.1, 0.15) is 31.2 Å². The number of hydrogen-bond donors (Lipinski definition) is 1. The van der Waals surface area contributed by atoms with E-state index in [4.69, 9.17) is 4.74 Å². The maximum atomic E-state index is 12.6. The Morgan fingerprint density at radius 2 is 1.56 bits per heavy atom. The lowest BCUT2D eigenvalue weighted by atomic mass is 10.0. The molecule has 3 rings (SSSR count). The van der Waals surface area contributed by atoms with E-state index in [0.717, 1.165) is 5.56 Å². The highest BCUT2D eigenvalue weighted by Gasteiger charge is 2.19. The van der Waals surface area contributed by atoms with Gasteiger partial charge < -0.3 is 10.1 Å². The van der Waals surface area contributed by atoms with Gasteiger partial charge in [0.2, 0.25) is 5.78 Å². The third kappa shape index (κ3) is 4.89. The van der Waals surface area contributed by atoms with Crippen LogP contribution in [0.25, 0.3) is 0 Å². The van der Waals surface area contributed by atoms with Crippen molar-refractivity contribution in [1.29, 1.82) is 0 Å². The van der Waals surface area contributed by atoms with Crippen LogP contribution in [0.3, 0.4) is 0 Å². The second kappa shape index (κ2) is 8.91. The first kappa shape index (κ1) is 18.5. The van der Waals surface area contributed by atoms with Gasteiger partial charge in [0, 0.05) is 5.56 Å². The summed E-state index contributed by atoms with van der Waals surface area (Å²) >= 11 is 1.31. The van der Waals surface area contributed by atoms with E-state index in [9.17, 15) is 14.4 Å². The summed E-state index contributed by atoms with van der Waals surface area (Å²) in [6, 6.07) is 19.3. The highest BCUT2D eigenvalue weighted by atomic mass is 32.1. The van der Waals surface area contributed by atoms with Crippen LogP contribution in [0, 0.1) is 0 Å². The van der Waals surface area contributed by atoms with Crippen molar-refractivity contribution >= 4 is 29.0 Å². The number of ether oxygens (including phenoxy) is 1. The zero-order valence-electron chi connectivity index (χ0n) is 14.4. The van der Waals surface area contributed by atoms with Crippen LogP contribution in [0.4, 0.5) is 0 Å². The van der Waals surface area contributed by atoms with Gasteiger partial charge in [-0.05, 0) is 23.1 Å². The van der Waals surface area contributed by atoms with E-state index in [2.05, 4.69) is 5.32 Å². The summed E-state index contributed by atoms with van der Waals surface area (Å²) in [6.45, 7) is -0.129. The van der Waals surface area contributed by atoms with Crippen LogP contribution in [-0.4, -0.2) is 24.2 Å². The summed E-state index contributed by atoms with van der Waals surface area (Å²) in [6.07, 6.45) is 0. The third-order valence-electron chi connectivity index (χ3n) is 3.80. The van der Waals surface area contributed by atoms with Gasteiger partial charge in [-0.25, -0.2) is 0 Å². The number of amides is 1. The van der Waals surface area contributed by atoms with Crippen LogP contribution in [0.15, 0.2) is 72.1 Å². The van der Waals surface area contributed by atoms with E-state index in [1.807, 2.05) is 30.3 Å². The molecule has 0 fully saturated rings. The second-order valence-corrected chi connectivity index (χ2v) is 6.63. The number of thiophene rings is 1. The molecule has 6 heteroatoms. The van der Waals surface area contributed by atoms with Crippen molar-refractivity contribution in [2.75, 3.05) is 6.54 Å². The number of rotatable bonds is 7. The molecule has 1 amide bonds. The molecule has 0 radical (unpaired) electrons. The topological polar surface area (TPSA) is 72.5 Å². The molecule has 136 valence electrons. The molecule has 1 N–H and O–H groups in total. The molecule has 3 aromatic rings. The average Bonchev–Trinajstić information content (AvgIpc) is 3.25. The van der Waals surface area contributed by atoms with Gasteiger partial charge in [0.05, 0.1) is 10.4 Å². The number of ketones is 1. The maximum absolute atomic E-state index is 12.6. The Morgan fingerprint density at radius 1 is 0.852 bits per heavy atom. The Bertz CT molecular complexity index is 936. The Labute approximate surface area is 160 Å². The summed E-state index contributed by atoms with van der Waals surface area (Å²) in [5.41, 5.74) is 1.39. The highest BCUT2D eigenvalue weighted by Crippen LogP contribution is 2.18. The second-order valence-electron chi connectivity index (χ2n) is 5.68. The van der Waals surface area contributed by atoms with Crippen molar-refractivity contribution in [3.8, 4) is 0 Å². The van der Waals surface area contributed by atoms with Gasteiger partial charge in [0.15, 0.2) is 0 Å². The first-order valence-corrected chi connectivity index (χ1v) is 9.18. The molecule has 0 aliphatic heterocycles. The molecule has 1 aromatic heterocycles. The number of carbonyl (C=O) groups excluding carboxylic acids is 3. The fraction of sp³-hybridized carbons (Fsp3) is 0.0952. The molecule has 0 atom stereocenters. The molecule has 0 saturated carbocycles. The standard InChI is InChI=1S/C21H17NO4S/c23-19(26-14-15-7-2-1-3-8-15)13-22-21(25)17-10-5-4-9-16(17)20(24)18-11-6-12-27-18/h1-12H,13-14H2,(H,22,25). The molecule has 2 aromatic carbocycles. The van der Waals surface area contributed by atoms with E-state index < -0.39 is 11.9 Å². The maximum Gasteiger partial charge on any atom is 0.325 e. The smallest absolute Gasteiger partial charge is 0.325 e. The van der Waals surface area contributed by atoms with Gasteiger partial charge in [-0.15, -0.1) is 11.3 Å². The predicted octanol–water partition coefficient (Wildman–Crippen LogP) is 3.45. The summed E-state index contributed by atoms with van der Waals surface area (Å²) in [4.78, 5) is 37.4. The normalized spacial score (nSPS) is 10.2. The first-order valence-electron chi connectivity index (χ1n) is 8.30. The SMILES string of the molecule is O=C(CNC(=O)c1ccccc1C(=O)c1cccs1)OCc1ccccc1. The minimum atomic E-state index is -0.547. The van der Waals surface area contributed by atoms with Gasteiger partial charge in [-0.1, -0.05) is 54.6 Å². The average molecular weight is 379 g/mol. The fourth-order valence-corrected chi connectivity index (χ4v) is 3.13. The van der Waals surface area contributed by atoms with Crippen LogP contribution in [-0.2, 0) is 16.1 Å². The Morgan fingerprint density at radius 3 is 2.26 bits per heavy atom. The quantitative estimate of drug-likeness (QED) is 0.504. The molecule has 0 unspecified atom stereocenters. The zero-order valence-corrected chi connectivity index (χ0v) is 15.2. The molecule has 1 heterocycles. The molecular weight excluding hydrogens is 362 g/mol. The van der Waals surface area contributed by atoms with Crippen LogP contribution >= 0.6 is 11.3 Å². The van der Waals surface area contributed by atoms with Crippen LogP contribution in [0.5, 0.6) is 0 Å². The fourth-order valence-electron chi connectivity index (χ4n) is 2.46. The zero-order chi connectivity index (χ0) is 19.1. The minimum absolute atomic E-state index is 0.142. The van der Waals surface area contributed by atoms with Crippen molar-refractivity contribution in [2.45, 2.75) is 6.61 Å². The van der Waals surface area contributed by atoms with E-state index >= 15 is 0 Å². The Kier molecular flexibility index (Phi) is 6.12. The molecular formula is C21H17NO4S. The molecule has 27 heavy (non-hydrogen) atoms. The third-order valence-corrected chi connectivity index (χ3v) is 4.67. The van der Waals surface area contributed by atoms with E-state index in [1.54, 1.807) is 41.8 Å². The number of nitrogens with one attached hydrogen (secondary N) is 1. The van der Waals surface area contributed by atoms with Crippen molar-refractivity contribution in [2.24, 2.45) is 0 Å². The summed E-state index contributed by atoms with van der Waals surface area (Å²) < 4.78 is 5.13. The molecule has 0 aliphatic rings. The summed E-state index contributed by atoms with van der Waals surface area (Å²) in [5.74, 6) is -1.26. The van der Waals surface area contributed by atoms with E-state index in [-0.39, 0.29) is 24.5 Å². The summed E-state index contributed by atoms with van der Waals surface area (Å²) in [7, 11) is 0. The van der Waals surface area contributed by atoms with Gasteiger partial charge in [0.1, 0.15) is 13.2 Å². The number of carbonyl (C=O) groups is 3. The van der Waals surface area contributed by atoms with Crippen LogP contribution < -0.4 is 5.32 Å². The van der Waals surface area contributed by atoms with E-state index in [1.165, 1.54) is 11.3 Å². The first-order chi connectivity index (χ1) is 13.1. The van der Waals surface area contributed by atoms with Gasteiger partial charge in [-0.2, -0.15) is 0 Å². The molecule has 0 saturated heterocycles. The van der Waals surface area contributed by atoms with Gasteiger partial charge >= 0.3 is 5.97 Å². The van der Waals surface area contributed by atoms with E-state index in [0.29, 0.717) is 10.4 Å². The van der Waals surface area contributed by atoms with Crippen molar-refractivity contribution in [3.63, 3.8) is 0 Å². The number of hydrogen-bond acceptors (Lipinski definition) is 5. The van der Waals surface area contributed by atoms with Crippen molar-refractivity contribution in [1.82, 2.24) is 5.32 Å². The Balaban J connectivity index is 1.60. The van der Waals surface area contributed by atoms with Crippen LogP contribution in [0.2, 0.25) is 0 Å². The van der Waals surface area contributed by atoms with Crippen molar-refractivity contribution in [3.05, 3.63) is 93.7 Å².